The maximum Gasteiger partial charge on any atom is 0.240 e. The van der Waals surface area contributed by atoms with E-state index < -0.39 is 0 Å². The molecule has 0 unspecified atom stereocenters. The first-order chi connectivity index (χ1) is 9.12. The molecule has 0 atom stereocenters. The fourth-order valence-electron chi connectivity index (χ4n) is 2.19. The highest BCUT2D eigenvalue weighted by Gasteiger charge is 2.19. The number of aromatic nitrogens is 4. The lowest BCUT2D eigenvalue weighted by Gasteiger charge is -2.07. The molecule has 0 saturated carbocycles. The minimum atomic E-state index is -0.0487. The molecule has 0 spiro atoms. The highest BCUT2D eigenvalue weighted by Crippen LogP contribution is 2.20. The Morgan fingerprint density at radius 2 is 2.16 bits per heavy atom. The van der Waals surface area contributed by atoms with Crippen LogP contribution in [0.5, 0.6) is 0 Å². The van der Waals surface area contributed by atoms with Crippen LogP contribution in [-0.2, 0) is 30.7 Å². The van der Waals surface area contributed by atoms with Crippen molar-refractivity contribution in [3.05, 3.63) is 11.5 Å². The summed E-state index contributed by atoms with van der Waals surface area (Å²) in [4.78, 5) is 16.3. The fraction of sp³-hybridized carbons (Fsp3) is 0.583. The number of nitrogens with one attached hydrogen (secondary N) is 1. The summed E-state index contributed by atoms with van der Waals surface area (Å²) in [7, 11) is 1.86. The first kappa shape index (κ1) is 13.9. The zero-order valence-corrected chi connectivity index (χ0v) is 12.2. The van der Waals surface area contributed by atoms with Crippen molar-refractivity contribution in [3.8, 4) is 0 Å². The average molecular weight is 284 g/mol. The normalized spacial score (nSPS) is 11.2. The van der Waals surface area contributed by atoms with E-state index in [2.05, 4.69) is 15.4 Å². The van der Waals surface area contributed by atoms with Gasteiger partial charge in [0.15, 0.2) is 5.65 Å². The SMILES string of the molecule is CCNC(=O)Cn1c(CCl)nc2c(CC)nn(C)c21. The van der Waals surface area contributed by atoms with Crippen LogP contribution in [-0.4, -0.2) is 31.8 Å². The van der Waals surface area contributed by atoms with Crippen molar-refractivity contribution in [1.29, 1.82) is 0 Å². The van der Waals surface area contributed by atoms with Gasteiger partial charge < -0.3 is 9.88 Å². The molecule has 0 aromatic carbocycles. The molecule has 0 aliphatic heterocycles. The van der Waals surface area contributed by atoms with E-state index in [1.165, 1.54) is 0 Å². The second kappa shape index (κ2) is 5.61. The number of alkyl halides is 1. The third-order valence-corrected chi connectivity index (χ3v) is 3.24. The van der Waals surface area contributed by atoms with Crippen molar-refractivity contribution in [2.24, 2.45) is 7.05 Å². The molecule has 0 aliphatic carbocycles. The van der Waals surface area contributed by atoms with E-state index in [0.717, 1.165) is 23.3 Å². The van der Waals surface area contributed by atoms with Crippen LogP contribution >= 0.6 is 11.6 Å². The van der Waals surface area contributed by atoms with Crippen molar-refractivity contribution >= 4 is 28.7 Å². The van der Waals surface area contributed by atoms with Gasteiger partial charge >= 0.3 is 0 Å². The largest absolute Gasteiger partial charge is 0.355 e. The van der Waals surface area contributed by atoms with Crippen molar-refractivity contribution in [3.63, 3.8) is 0 Å². The molecular weight excluding hydrogens is 266 g/mol. The van der Waals surface area contributed by atoms with Crippen LogP contribution in [0.4, 0.5) is 0 Å². The molecule has 6 nitrogen and oxygen atoms in total. The Morgan fingerprint density at radius 1 is 1.42 bits per heavy atom. The molecule has 1 N–H and O–H groups in total. The summed E-state index contributed by atoms with van der Waals surface area (Å²) in [6, 6.07) is 0. The smallest absolute Gasteiger partial charge is 0.240 e. The second-order valence-electron chi connectivity index (χ2n) is 4.30. The lowest BCUT2D eigenvalue weighted by Crippen LogP contribution is -2.28. The van der Waals surface area contributed by atoms with Crippen LogP contribution in [0, 0.1) is 0 Å². The number of likely N-dealkylation sites (N-methyl/N-ethyl adjacent to an activating group) is 1. The van der Waals surface area contributed by atoms with Gasteiger partial charge in [-0.05, 0) is 13.3 Å². The number of carbonyl (C=O) groups is 1. The summed E-state index contributed by atoms with van der Waals surface area (Å²) in [5.41, 5.74) is 2.61. The number of nitrogens with zero attached hydrogens (tertiary/aromatic N) is 4. The first-order valence-corrected chi connectivity index (χ1v) is 6.89. The van der Waals surface area contributed by atoms with Gasteiger partial charge in [-0.25, -0.2) is 4.98 Å². The zero-order chi connectivity index (χ0) is 14.0. The van der Waals surface area contributed by atoms with Crippen LogP contribution in [0.2, 0.25) is 0 Å². The standard InChI is InChI=1S/C12H18ClN5O/c1-4-8-11-12(17(3)16-8)18(9(6-13)15-11)7-10(19)14-5-2/h4-7H2,1-3H3,(H,14,19). The Morgan fingerprint density at radius 3 is 2.74 bits per heavy atom. The van der Waals surface area contributed by atoms with Crippen molar-refractivity contribution in [2.75, 3.05) is 6.54 Å². The van der Waals surface area contributed by atoms with Crippen LogP contribution in [0.15, 0.2) is 0 Å². The molecule has 0 fully saturated rings. The van der Waals surface area contributed by atoms with Crippen LogP contribution in [0.1, 0.15) is 25.4 Å². The van der Waals surface area contributed by atoms with Crippen LogP contribution in [0.25, 0.3) is 11.2 Å². The lowest BCUT2D eigenvalue weighted by molar-refractivity contribution is -0.121. The van der Waals surface area contributed by atoms with Gasteiger partial charge in [0.25, 0.3) is 0 Å². The minimum absolute atomic E-state index is 0.0487. The highest BCUT2D eigenvalue weighted by atomic mass is 35.5. The van der Waals surface area contributed by atoms with E-state index in [1.807, 2.05) is 25.5 Å². The predicted octanol–water partition coefficient (Wildman–Crippen LogP) is 1.21. The molecule has 2 rings (SSSR count). The number of hydrogen-bond acceptors (Lipinski definition) is 3. The van der Waals surface area contributed by atoms with Crippen LogP contribution < -0.4 is 5.32 Å². The first-order valence-electron chi connectivity index (χ1n) is 6.35. The molecule has 0 bridgehead atoms. The monoisotopic (exact) mass is 283 g/mol. The zero-order valence-electron chi connectivity index (χ0n) is 11.4. The number of fused-ring (bicyclic) bond motifs is 1. The topological polar surface area (TPSA) is 64.7 Å². The summed E-state index contributed by atoms with van der Waals surface area (Å²) in [5, 5.41) is 7.20. The number of carbonyl (C=O) groups excluding carboxylic acids is 1. The van der Waals surface area contributed by atoms with Gasteiger partial charge in [0.1, 0.15) is 17.9 Å². The maximum atomic E-state index is 11.8. The molecular formula is C12H18ClN5O. The maximum absolute atomic E-state index is 11.8. The number of amides is 1. The molecule has 1 amide bonds. The third kappa shape index (κ3) is 2.45. The van der Waals surface area contributed by atoms with E-state index in [1.54, 1.807) is 4.68 Å². The van der Waals surface area contributed by atoms with Gasteiger partial charge in [-0.15, -0.1) is 11.6 Å². The van der Waals surface area contributed by atoms with Gasteiger partial charge in [-0.1, -0.05) is 6.92 Å². The Kier molecular flexibility index (Phi) is 4.09. The molecule has 19 heavy (non-hydrogen) atoms. The fourth-order valence-corrected chi connectivity index (χ4v) is 2.39. The Bertz CT molecular complexity index is 601. The quantitative estimate of drug-likeness (QED) is 0.839. The summed E-state index contributed by atoms with van der Waals surface area (Å²) >= 11 is 5.92. The van der Waals surface area contributed by atoms with E-state index >= 15 is 0 Å². The van der Waals surface area contributed by atoms with E-state index in [-0.39, 0.29) is 18.3 Å². The summed E-state index contributed by atoms with van der Waals surface area (Å²) in [5.74, 6) is 0.926. The summed E-state index contributed by atoms with van der Waals surface area (Å²) < 4.78 is 3.59. The Balaban J connectivity index is 2.51. The number of rotatable bonds is 5. The number of hydrogen-bond donors (Lipinski definition) is 1. The van der Waals surface area contributed by atoms with E-state index in [0.29, 0.717) is 12.4 Å². The van der Waals surface area contributed by atoms with E-state index in [9.17, 15) is 4.79 Å². The second-order valence-corrected chi connectivity index (χ2v) is 4.56. The molecule has 2 heterocycles. The Hall–Kier alpha value is -1.56. The molecule has 0 radical (unpaired) electrons. The van der Waals surface area contributed by atoms with Crippen molar-refractivity contribution < 1.29 is 4.79 Å². The molecule has 7 heteroatoms. The molecule has 2 aromatic rings. The van der Waals surface area contributed by atoms with Crippen molar-refractivity contribution in [1.82, 2.24) is 24.6 Å². The van der Waals surface area contributed by atoms with Crippen molar-refractivity contribution in [2.45, 2.75) is 32.7 Å². The van der Waals surface area contributed by atoms with Crippen LogP contribution in [0.3, 0.4) is 0 Å². The van der Waals surface area contributed by atoms with Gasteiger partial charge in [0.2, 0.25) is 5.91 Å². The third-order valence-electron chi connectivity index (χ3n) is 3.00. The van der Waals surface area contributed by atoms with E-state index in [4.69, 9.17) is 11.6 Å². The summed E-state index contributed by atoms with van der Waals surface area (Å²) in [6.07, 6.45) is 0.803. The predicted molar refractivity (Wildman–Crippen MR) is 74.1 cm³/mol. The van der Waals surface area contributed by atoms with Gasteiger partial charge in [-0.3, -0.25) is 9.48 Å². The molecule has 0 aliphatic rings. The number of imidazole rings is 1. The van der Waals surface area contributed by atoms with Gasteiger partial charge in [0, 0.05) is 13.6 Å². The average Bonchev–Trinajstić information content (AvgIpc) is 2.88. The lowest BCUT2D eigenvalue weighted by atomic mass is 10.3. The number of aryl methyl sites for hydroxylation is 2. The van der Waals surface area contributed by atoms with Gasteiger partial charge in [0.05, 0.1) is 11.6 Å². The number of halogens is 1. The molecule has 0 saturated heterocycles. The molecule has 104 valence electrons. The van der Waals surface area contributed by atoms with Gasteiger partial charge in [-0.2, -0.15) is 5.10 Å². The Labute approximate surface area is 116 Å². The highest BCUT2D eigenvalue weighted by molar-refractivity contribution is 6.16. The minimum Gasteiger partial charge on any atom is -0.355 e. The summed E-state index contributed by atoms with van der Waals surface area (Å²) in [6.45, 7) is 4.75. The molecule has 2 aromatic heterocycles.